The molecule has 24 heavy (non-hydrogen) atoms. The Bertz CT molecular complexity index is 808. The van der Waals surface area contributed by atoms with Gasteiger partial charge in [-0.15, -0.1) is 0 Å². The van der Waals surface area contributed by atoms with Crippen molar-refractivity contribution in [1.29, 1.82) is 0 Å². The lowest BCUT2D eigenvalue weighted by Gasteiger charge is -2.05. The molecule has 0 atom stereocenters. The van der Waals surface area contributed by atoms with E-state index in [-0.39, 0.29) is 5.89 Å². The van der Waals surface area contributed by atoms with Gasteiger partial charge in [0, 0.05) is 11.3 Å². The second kappa shape index (κ2) is 6.35. The smallest absolute Gasteiger partial charge is 0.378 e. The van der Waals surface area contributed by atoms with Gasteiger partial charge in [0.15, 0.2) is 5.82 Å². The van der Waals surface area contributed by atoms with Gasteiger partial charge in [-0.1, -0.05) is 22.9 Å². The molecule has 2 aromatic carbocycles. The molecule has 0 bridgehead atoms. The lowest BCUT2D eigenvalue weighted by Crippen LogP contribution is -2.04. The minimum atomic E-state index is -4.36. The van der Waals surface area contributed by atoms with Crippen LogP contribution in [0.2, 0.25) is 0 Å². The highest BCUT2D eigenvalue weighted by Crippen LogP contribution is 2.30. The normalized spacial score (nSPS) is 11.5. The van der Waals surface area contributed by atoms with Crippen molar-refractivity contribution < 1.29 is 17.7 Å². The molecule has 0 amide bonds. The van der Waals surface area contributed by atoms with E-state index in [1.54, 1.807) is 0 Å². The molecule has 0 radical (unpaired) electrons. The monoisotopic (exact) mass is 333 g/mol. The average Bonchev–Trinajstić information content (AvgIpc) is 3.03. The molecule has 0 fully saturated rings. The van der Waals surface area contributed by atoms with Crippen molar-refractivity contribution in [2.45, 2.75) is 19.6 Å². The molecule has 0 aliphatic heterocycles. The van der Waals surface area contributed by atoms with E-state index in [1.165, 1.54) is 12.1 Å². The second-order valence-electron chi connectivity index (χ2n) is 5.31. The third-order valence-corrected chi connectivity index (χ3v) is 3.43. The Morgan fingerprint density at radius 2 is 1.67 bits per heavy atom. The van der Waals surface area contributed by atoms with Crippen LogP contribution < -0.4 is 5.32 Å². The highest BCUT2D eigenvalue weighted by Gasteiger charge is 2.30. The zero-order chi connectivity index (χ0) is 17.2. The first-order valence-electron chi connectivity index (χ1n) is 7.22. The predicted octanol–water partition coefficient (Wildman–Crippen LogP) is 4.68. The van der Waals surface area contributed by atoms with Gasteiger partial charge in [0.1, 0.15) is 0 Å². The number of halogens is 3. The molecule has 0 aliphatic rings. The Hall–Kier alpha value is -2.83. The number of rotatable bonds is 4. The standard InChI is InChI=1S/C17H14F3N3O/c1-11-2-8-14(9-3-11)21-10-15-22-16(24-23-15)12-4-6-13(7-5-12)17(18,19)20/h2-9,21H,10H2,1H3. The average molecular weight is 333 g/mol. The maximum Gasteiger partial charge on any atom is 0.416 e. The van der Waals surface area contributed by atoms with Gasteiger partial charge < -0.3 is 9.84 Å². The minimum absolute atomic E-state index is 0.185. The zero-order valence-electron chi connectivity index (χ0n) is 12.8. The van der Waals surface area contributed by atoms with E-state index in [1.807, 2.05) is 31.2 Å². The Morgan fingerprint density at radius 3 is 2.29 bits per heavy atom. The number of aryl methyl sites for hydroxylation is 1. The molecular formula is C17H14F3N3O. The summed E-state index contributed by atoms with van der Waals surface area (Å²) in [6, 6.07) is 12.4. The summed E-state index contributed by atoms with van der Waals surface area (Å²) in [4.78, 5) is 4.18. The van der Waals surface area contributed by atoms with E-state index in [4.69, 9.17) is 4.52 Å². The summed E-state index contributed by atoms with van der Waals surface area (Å²) in [6.07, 6.45) is -4.36. The summed E-state index contributed by atoms with van der Waals surface area (Å²) in [7, 11) is 0. The van der Waals surface area contributed by atoms with Crippen LogP contribution >= 0.6 is 0 Å². The lowest BCUT2D eigenvalue weighted by atomic mass is 10.1. The highest BCUT2D eigenvalue weighted by atomic mass is 19.4. The fraction of sp³-hybridized carbons (Fsp3) is 0.176. The van der Waals surface area contributed by atoms with Crippen molar-refractivity contribution in [3.05, 3.63) is 65.5 Å². The second-order valence-corrected chi connectivity index (χ2v) is 5.31. The first kappa shape index (κ1) is 16.0. The minimum Gasteiger partial charge on any atom is -0.378 e. The fourth-order valence-electron chi connectivity index (χ4n) is 2.10. The molecule has 0 saturated heterocycles. The van der Waals surface area contributed by atoms with E-state index >= 15 is 0 Å². The van der Waals surface area contributed by atoms with Crippen LogP contribution in [0.3, 0.4) is 0 Å². The Morgan fingerprint density at radius 1 is 1.00 bits per heavy atom. The van der Waals surface area contributed by atoms with Gasteiger partial charge in [-0.05, 0) is 43.3 Å². The first-order chi connectivity index (χ1) is 11.4. The molecule has 0 aliphatic carbocycles. The summed E-state index contributed by atoms with van der Waals surface area (Å²) in [5.41, 5.74) is 1.80. The van der Waals surface area contributed by atoms with E-state index in [0.29, 0.717) is 17.9 Å². The molecular weight excluding hydrogens is 319 g/mol. The quantitative estimate of drug-likeness (QED) is 0.753. The third-order valence-electron chi connectivity index (χ3n) is 3.43. The maximum absolute atomic E-state index is 12.6. The van der Waals surface area contributed by atoms with Crippen LogP contribution in [0.15, 0.2) is 53.1 Å². The number of hydrogen-bond acceptors (Lipinski definition) is 4. The highest BCUT2D eigenvalue weighted by molar-refractivity contribution is 5.53. The molecule has 0 spiro atoms. The van der Waals surface area contributed by atoms with Crippen LogP contribution in [-0.4, -0.2) is 10.1 Å². The van der Waals surface area contributed by atoms with Gasteiger partial charge in [-0.25, -0.2) is 0 Å². The summed E-state index contributed by atoms with van der Waals surface area (Å²) < 4.78 is 42.8. The largest absolute Gasteiger partial charge is 0.416 e. The number of anilines is 1. The molecule has 4 nitrogen and oxygen atoms in total. The SMILES string of the molecule is Cc1ccc(NCc2noc(-c3ccc(C(F)(F)F)cc3)n2)cc1. The van der Waals surface area contributed by atoms with Crippen LogP contribution in [0.25, 0.3) is 11.5 Å². The molecule has 3 rings (SSSR count). The Labute approximate surface area is 136 Å². The molecule has 7 heteroatoms. The van der Waals surface area contributed by atoms with Crippen molar-refractivity contribution >= 4 is 5.69 Å². The number of aromatic nitrogens is 2. The molecule has 0 saturated carbocycles. The summed E-state index contributed by atoms with van der Waals surface area (Å²) >= 11 is 0. The van der Waals surface area contributed by atoms with Gasteiger partial charge in [-0.2, -0.15) is 18.2 Å². The van der Waals surface area contributed by atoms with Crippen molar-refractivity contribution in [1.82, 2.24) is 10.1 Å². The molecule has 0 unspecified atom stereocenters. The molecule has 1 N–H and O–H groups in total. The Kier molecular flexibility index (Phi) is 4.24. The maximum atomic E-state index is 12.6. The summed E-state index contributed by atoms with van der Waals surface area (Å²) in [5, 5.41) is 6.97. The van der Waals surface area contributed by atoms with Gasteiger partial charge >= 0.3 is 6.18 Å². The van der Waals surface area contributed by atoms with Gasteiger partial charge in [-0.3, -0.25) is 0 Å². The number of nitrogens with zero attached hydrogens (tertiary/aromatic N) is 2. The van der Waals surface area contributed by atoms with Crippen molar-refractivity contribution in [3.63, 3.8) is 0 Å². The summed E-state index contributed by atoms with van der Waals surface area (Å²) in [5.74, 6) is 0.606. The van der Waals surface area contributed by atoms with Crippen molar-refractivity contribution in [2.24, 2.45) is 0 Å². The number of alkyl halides is 3. The Balaban J connectivity index is 1.68. The third kappa shape index (κ3) is 3.73. The van der Waals surface area contributed by atoms with Crippen LogP contribution in [0, 0.1) is 6.92 Å². The van der Waals surface area contributed by atoms with E-state index < -0.39 is 11.7 Å². The molecule has 3 aromatic rings. The van der Waals surface area contributed by atoms with Gasteiger partial charge in [0.25, 0.3) is 5.89 Å². The zero-order valence-corrected chi connectivity index (χ0v) is 12.8. The lowest BCUT2D eigenvalue weighted by molar-refractivity contribution is -0.137. The number of hydrogen-bond donors (Lipinski definition) is 1. The van der Waals surface area contributed by atoms with Crippen LogP contribution in [0.1, 0.15) is 17.0 Å². The van der Waals surface area contributed by atoms with E-state index in [2.05, 4.69) is 15.5 Å². The van der Waals surface area contributed by atoms with Crippen LogP contribution in [0.5, 0.6) is 0 Å². The van der Waals surface area contributed by atoms with E-state index in [9.17, 15) is 13.2 Å². The van der Waals surface area contributed by atoms with Gasteiger partial charge in [0.2, 0.25) is 0 Å². The van der Waals surface area contributed by atoms with Crippen molar-refractivity contribution in [2.75, 3.05) is 5.32 Å². The topological polar surface area (TPSA) is 51.0 Å². The number of nitrogens with one attached hydrogen (secondary N) is 1. The van der Waals surface area contributed by atoms with Crippen LogP contribution in [-0.2, 0) is 12.7 Å². The molecule has 1 aromatic heterocycles. The first-order valence-corrected chi connectivity index (χ1v) is 7.22. The fourth-order valence-corrected chi connectivity index (χ4v) is 2.10. The van der Waals surface area contributed by atoms with Crippen LogP contribution in [0.4, 0.5) is 18.9 Å². The summed E-state index contributed by atoms with van der Waals surface area (Å²) in [6.45, 7) is 2.35. The van der Waals surface area contributed by atoms with Crippen molar-refractivity contribution in [3.8, 4) is 11.5 Å². The molecule has 1 heterocycles. The predicted molar refractivity (Wildman–Crippen MR) is 83.2 cm³/mol. The van der Waals surface area contributed by atoms with E-state index in [0.717, 1.165) is 23.4 Å². The molecule has 124 valence electrons. The number of benzene rings is 2. The van der Waals surface area contributed by atoms with Gasteiger partial charge in [0.05, 0.1) is 12.1 Å².